The molecule has 1 N–H and O–H groups in total. The standard InChI is InChI=1S/C18H21IN2O2/c19-17-3-1-2-8-20(17)11-15-10-13-9-12(18(22)23)4-7-16(13)21(15)14-5-6-14/h4,7,9-10,14,17H,1-3,5-6,8,11H2,(H,22,23). The third-order valence-electron chi connectivity index (χ3n) is 4.98. The van der Waals surface area contributed by atoms with Crippen molar-refractivity contribution in [3.63, 3.8) is 0 Å². The van der Waals surface area contributed by atoms with Crippen LogP contribution >= 0.6 is 22.6 Å². The molecule has 1 unspecified atom stereocenters. The van der Waals surface area contributed by atoms with Crippen molar-refractivity contribution in [3.05, 3.63) is 35.5 Å². The Hall–Kier alpha value is -1.08. The molecule has 23 heavy (non-hydrogen) atoms. The number of carboxylic acids is 1. The van der Waals surface area contributed by atoms with Crippen LogP contribution in [0.25, 0.3) is 10.9 Å². The monoisotopic (exact) mass is 424 g/mol. The minimum absolute atomic E-state index is 0.377. The van der Waals surface area contributed by atoms with E-state index in [2.05, 4.69) is 38.1 Å². The first-order valence-corrected chi connectivity index (χ1v) is 9.63. The van der Waals surface area contributed by atoms with E-state index in [1.807, 2.05) is 12.1 Å². The highest BCUT2D eigenvalue weighted by molar-refractivity contribution is 14.1. The molecule has 1 aromatic carbocycles. The lowest BCUT2D eigenvalue weighted by molar-refractivity contribution is 0.0697. The van der Waals surface area contributed by atoms with Crippen molar-refractivity contribution in [1.82, 2.24) is 9.47 Å². The molecule has 2 aliphatic rings. The zero-order chi connectivity index (χ0) is 16.0. The SMILES string of the molecule is O=C(O)c1ccc2c(c1)cc(CN1CCCCC1I)n2C1CC1. The smallest absolute Gasteiger partial charge is 0.335 e. The summed E-state index contributed by atoms with van der Waals surface area (Å²) in [6.07, 6.45) is 6.37. The summed E-state index contributed by atoms with van der Waals surface area (Å²) >= 11 is 2.56. The van der Waals surface area contributed by atoms with Gasteiger partial charge in [0.2, 0.25) is 0 Å². The molecule has 0 bridgehead atoms. The van der Waals surface area contributed by atoms with Crippen LogP contribution in [0.4, 0.5) is 0 Å². The van der Waals surface area contributed by atoms with Crippen LogP contribution in [0.15, 0.2) is 24.3 Å². The molecule has 1 aliphatic carbocycles. The van der Waals surface area contributed by atoms with Crippen LogP contribution in [0.3, 0.4) is 0 Å². The summed E-state index contributed by atoms with van der Waals surface area (Å²) < 4.78 is 3.07. The number of likely N-dealkylation sites (tertiary alicyclic amines) is 1. The average molecular weight is 424 g/mol. The van der Waals surface area contributed by atoms with E-state index >= 15 is 0 Å². The lowest BCUT2D eigenvalue weighted by Gasteiger charge is -2.32. The summed E-state index contributed by atoms with van der Waals surface area (Å²) in [5.41, 5.74) is 2.91. The third-order valence-corrected chi connectivity index (χ3v) is 6.39. The Bertz CT molecular complexity index is 751. The van der Waals surface area contributed by atoms with E-state index in [0.717, 1.165) is 11.9 Å². The summed E-state index contributed by atoms with van der Waals surface area (Å²) in [5, 5.41) is 10.3. The number of halogens is 1. The maximum Gasteiger partial charge on any atom is 0.335 e. The number of fused-ring (bicyclic) bond motifs is 1. The fraction of sp³-hybridized carbons (Fsp3) is 0.500. The molecule has 1 aromatic heterocycles. The normalized spacial score (nSPS) is 22.6. The second-order valence-electron chi connectivity index (χ2n) is 6.72. The fourth-order valence-electron chi connectivity index (χ4n) is 3.65. The summed E-state index contributed by atoms with van der Waals surface area (Å²) in [6, 6.07) is 8.35. The van der Waals surface area contributed by atoms with Crippen molar-refractivity contribution >= 4 is 39.5 Å². The van der Waals surface area contributed by atoms with Gasteiger partial charge in [0.05, 0.1) is 9.61 Å². The van der Waals surface area contributed by atoms with Crippen molar-refractivity contribution in [2.24, 2.45) is 0 Å². The quantitative estimate of drug-likeness (QED) is 0.449. The van der Waals surface area contributed by atoms with Gasteiger partial charge in [-0.1, -0.05) is 22.6 Å². The van der Waals surface area contributed by atoms with Crippen LogP contribution in [-0.4, -0.2) is 31.1 Å². The number of aromatic nitrogens is 1. The van der Waals surface area contributed by atoms with E-state index in [1.165, 1.54) is 49.9 Å². The molecular weight excluding hydrogens is 403 g/mol. The van der Waals surface area contributed by atoms with Crippen LogP contribution in [0, 0.1) is 0 Å². The highest BCUT2D eigenvalue weighted by Gasteiger charge is 2.29. The maximum absolute atomic E-state index is 11.2. The van der Waals surface area contributed by atoms with Gasteiger partial charge in [0, 0.05) is 29.2 Å². The predicted molar refractivity (Wildman–Crippen MR) is 99.2 cm³/mol. The van der Waals surface area contributed by atoms with Crippen LogP contribution in [0.1, 0.15) is 54.2 Å². The minimum atomic E-state index is -0.851. The van der Waals surface area contributed by atoms with E-state index in [-0.39, 0.29) is 0 Å². The van der Waals surface area contributed by atoms with Gasteiger partial charge in [-0.3, -0.25) is 4.90 Å². The Morgan fingerprint density at radius 2 is 2.04 bits per heavy atom. The van der Waals surface area contributed by atoms with Crippen molar-refractivity contribution in [1.29, 1.82) is 0 Å². The first-order chi connectivity index (χ1) is 11.1. The number of alkyl halides is 1. The molecule has 1 saturated heterocycles. The summed E-state index contributed by atoms with van der Waals surface area (Å²) in [4.78, 5) is 13.8. The van der Waals surface area contributed by atoms with Crippen LogP contribution in [0.5, 0.6) is 0 Å². The molecule has 1 atom stereocenters. The zero-order valence-electron chi connectivity index (χ0n) is 13.0. The van der Waals surface area contributed by atoms with E-state index in [9.17, 15) is 9.90 Å². The van der Waals surface area contributed by atoms with Gasteiger partial charge in [-0.15, -0.1) is 0 Å². The van der Waals surface area contributed by atoms with E-state index in [0.29, 0.717) is 15.7 Å². The van der Waals surface area contributed by atoms with Gasteiger partial charge in [0.15, 0.2) is 0 Å². The summed E-state index contributed by atoms with van der Waals surface area (Å²) in [7, 11) is 0. The number of hydrogen-bond donors (Lipinski definition) is 1. The zero-order valence-corrected chi connectivity index (χ0v) is 15.2. The number of benzene rings is 1. The van der Waals surface area contributed by atoms with Gasteiger partial charge in [0.25, 0.3) is 0 Å². The number of aromatic carboxylic acids is 1. The maximum atomic E-state index is 11.2. The molecule has 0 spiro atoms. The van der Waals surface area contributed by atoms with Gasteiger partial charge in [-0.2, -0.15) is 0 Å². The Balaban J connectivity index is 1.72. The number of hydrogen-bond acceptors (Lipinski definition) is 2. The Labute approximate surface area is 149 Å². The molecule has 0 radical (unpaired) electrons. The highest BCUT2D eigenvalue weighted by Crippen LogP contribution is 2.40. The Morgan fingerprint density at radius 3 is 2.74 bits per heavy atom. The molecule has 4 nitrogen and oxygen atoms in total. The second kappa shape index (κ2) is 6.09. The Morgan fingerprint density at radius 1 is 1.22 bits per heavy atom. The number of rotatable bonds is 4. The lowest BCUT2D eigenvalue weighted by atomic mass is 10.1. The van der Waals surface area contributed by atoms with Crippen molar-refractivity contribution < 1.29 is 9.90 Å². The molecule has 0 amide bonds. The second-order valence-corrected chi connectivity index (χ2v) is 8.15. The van der Waals surface area contributed by atoms with Gasteiger partial charge >= 0.3 is 5.97 Å². The van der Waals surface area contributed by atoms with E-state index in [4.69, 9.17) is 0 Å². The van der Waals surface area contributed by atoms with Crippen LogP contribution < -0.4 is 0 Å². The first-order valence-electron chi connectivity index (χ1n) is 8.39. The van der Waals surface area contributed by atoms with Crippen LogP contribution in [0.2, 0.25) is 0 Å². The van der Waals surface area contributed by atoms with Gasteiger partial charge in [-0.05, 0) is 62.9 Å². The van der Waals surface area contributed by atoms with Gasteiger partial charge < -0.3 is 9.67 Å². The molecule has 2 fully saturated rings. The Kier molecular flexibility index (Phi) is 4.09. The largest absolute Gasteiger partial charge is 0.478 e. The summed E-state index contributed by atoms with van der Waals surface area (Å²) in [5.74, 6) is -0.851. The van der Waals surface area contributed by atoms with E-state index in [1.54, 1.807) is 6.07 Å². The summed E-state index contributed by atoms with van der Waals surface area (Å²) in [6.45, 7) is 2.14. The molecule has 1 saturated carbocycles. The third kappa shape index (κ3) is 3.01. The molecule has 5 heteroatoms. The number of carboxylic acid groups (broad SMARTS) is 1. The molecule has 122 valence electrons. The topological polar surface area (TPSA) is 45.5 Å². The lowest BCUT2D eigenvalue weighted by Crippen LogP contribution is -2.35. The number of nitrogens with zero attached hydrogens (tertiary/aromatic N) is 2. The van der Waals surface area contributed by atoms with Crippen molar-refractivity contribution in [2.45, 2.75) is 48.7 Å². The van der Waals surface area contributed by atoms with Gasteiger partial charge in [-0.25, -0.2) is 4.79 Å². The highest BCUT2D eigenvalue weighted by atomic mass is 127. The predicted octanol–water partition coefficient (Wildman–Crippen LogP) is 4.42. The minimum Gasteiger partial charge on any atom is -0.478 e. The molecule has 2 aromatic rings. The van der Waals surface area contributed by atoms with Crippen molar-refractivity contribution in [2.75, 3.05) is 6.54 Å². The number of piperidine rings is 1. The molecular formula is C18H21IN2O2. The molecule has 4 rings (SSSR count). The first kappa shape index (κ1) is 15.4. The average Bonchev–Trinajstić information content (AvgIpc) is 3.30. The van der Waals surface area contributed by atoms with Gasteiger partial charge in [0.1, 0.15) is 0 Å². The van der Waals surface area contributed by atoms with Crippen molar-refractivity contribution in [3.8, 4) is 0 Å². The van der Waals surface area contributed by atoms with Crippen LogP contribution in [-0.2, 0) is 6.54 Å². The number of carbonyl (C=O) groups is 1. The van der Waals surface area contributed by atoms with E-state index < -0.39 is 5.97 Å². The molecule has 1 aliphatic heterocycles. The molecule has 2 heterocycles. The fourth-order valence-corrected chi connectivity index (χ4v) is 4.56.